The first-order chi connectivity index (χ1) is 9.49. The van der Waals surface area contributed by atoms with Crippen molar-refractivity contribution in [1.29, 1.82) is 0 Å². The lowest BCUT2D eigenvalue weighted by Gasteiger charge is -2.31. The Bertz CT molecular complexity index is 476. The zero-order valence-corrected chi connectivity index (χ0v) is 13.0. The number of imidazole rings is 1. The Morgan fingerprint density at radius 3 is 2.90 bits per heavy atom. The minimum absolute atomic E-state index is 0.577. The highest BCUT2D eigenvalue weighted by atomic mass is 15.3. The van der Waals surface area contributed by atoms with Crippen LogP contribution in [0.1, 0.15) is 25.5 Å². The quantitative estimate of drug-likeness (QED) is 0.663. The van der Waals surface area contributed by atoms with Crippen LogP contribution in [0.4, 0.5) is 5.95 Å². The molecule has 1 unspecified atom stereocenters. The molecule has 0 spiro atoms. The number of nitrogens with zero attached hydrogens (tertiary/aromatic N) is 5. The highest BCUT2D eigenvalue weighted by molar-refractivity contribution is 5.78. The van der Waals surface area contributed by atoms with Gasteiger partial charge >= 0.3 is 0 Å². The van der Waals surface area contributed by atoms with Crippen LogP contribution in [0, 0.1) is 5.92 Å². The first-order valence-corrected chi connectivity index (χ1v) is 7.21. The van der Waals surface area contributed by atoms with Gasteiger partial charge < -0.3 is 20.1 Å². The zero-order chi connectivity index (χ0) is 14.7. The van der Waals surface area contributed by atoms with Gasteiger partial charge in [0.2, 0.25) is 5.95 Å². The van der Waals surface area contributed by atoms with Crippen LogP contribution in [0.3, 0.4) is 0 Å². The molecule has 2 rings (SSSR count). The number of aliphatic imine (C=N–C) groups is 1. The number of guanidine groups is 1. The molecule has 1 aromatic heterocycles. The second-order valence-electron chi connectivity index (χ2n) is 5.87. The molecule has 0 radical (unpaired) electrons. The number of hydrogen-bond donors (Lipinski definition) is 1. The molecule has 1 fully saturated rings. The van der Waals surface area contributed by atoms with Crippen LogP contribution in [0.15, 0.2) is 11.2 Å². The highest BCUT2D eigenvalue weighted by Crippen LogP contribution is 2.16. The number of hydrogen-bond acceptors (Lipinski definition) is 3. The molecule has 2 N–H and O–H groups in total. The SMILES string of the molecule is CC1CCCN(C(N)=NCc2cnc(N(C)C)n2C)C1. The smallest absolute Gasteiger partial charge is 0.204 e. The van der Waals surface area contributed by atoms with Gasteiger partial charge in [-0.15, -0.1) is 0 Å². The maximum absolute atomic E-state index is 6.11. The third kappa shape index (κ3) is 3.23. The molecule has 6 heteroatoms. The van der Waals surface area contributed by atoms with Gasteiger partial charge in [0, 0.05) is 34.2 Å². The van der Waals surface area contributed by atoms with Gasteiger partial charge in [0.25, 0.3) is 0 Å². The molecule has 1 atom stereocenters. The molecule has 112 valence electrons. The van der Waals surface area contributed by atoms with Gasteiger partial charge in [-0.25, -0.2) is 9.98 Å². The molecule has 1 aliphatic heterocycles. The predicted molar refractivity (Wildman–Crippen MR) is 82.8 cm³/mol. The van der Waals surface area contributed by atoms with Crippen molar-refractivity contribution in [3.05, 3.63) is 11.9 Å². The van der Waals surface area contributed by atoms with Gasteiger partial charge in [0.05, 0.1) is 18.4 Å². The summed E-state index contributed by atoms with van der Waals surface area (Å²) in [6.07, 6.45) is 4.36. The minimum atomic E-state index is 0.577. The van der Waals surface area contributed by atoms with Gasteiger partial charge in [0.1, 0.15) is 0 Å². The van der Waals surface area contributed by atoms with Crippen LogP contribution in [-0.2, 0) is 13.6 Å². The molecule has 1 aliphatic rings. The van der Waals surface area contributed by atoms with E-state index in [0.717, 1.165) is 24.7 Å². The summed E-state index contributed by atoms with van der Waals surface area (Å²) in [6, 6.07) is 0. The standard InChI is InChI=1S/C14H26N6/c1-11-6-5-7-20(10-11)13(15)16-8-12-9-17-14(18(2)3)19(12)4/h9,11H,5-8,10H2,1-4H3,(H2,15,16). The average Bonchev–Trinajstić information content (AvgIpc) is 2.77. The highest BCUT2D eigenvalue weighted by Gasteiger charge is 2.17. The van der Waals surface area contributed by atoms with Crippen molar-refractivity contribution in [2.45, 2.75) is 26.3 Å². The van der Waals surface area contributed by atoms with E-state index in [9.17, 15) is 0 Å². The molecule has 0 aromatic carbocycles. The van der Waals surface area contributed by atoms with Crippen LogP contribution < -0.4 is 10.6 Å². The molecule has 2 heterocycles. The predicted octanol–water partition coefficient (Wildman–Crippen LogP) is 1.03. The van der Waals surface area contributed by atoms with Gasteiger partial charge in [-0.05, 0) is 18.8 Å². The monoisotopic (exact) mass is 278 g/mol. The maximum atomic E-state index is 6.11. The molecule has 0 saturated carbocycles. The Hall–Kier alpha value is -1.72. The maximum Gasteiger partial charge on any atom is 0.204 e. The summed E-state index contributed by atoms with van der Waals surface area (Å²) in [7, 11) is 5.98. The van der Waals surface area contributed by atoms with E-state index in [1.165, 1.54) is 12.8 Å². The second kappa shape index (κ2) is 6.15. The molecule has 6 nitrogen and oxygen atoms in total. The fraction of sp³-hybridized carbons (Fsp3) is 0.714. The van der Waals surface area contributed by atoms with E-state index in [2.05, 4.69) is 26.4 Å². The summed E-state index contributed by atoms with van der Waals surface area (Å²) in [6.45, 7) is 4.88. The van der Waals surface area contributed by atoms with E-state index in [1.54, 1.807) is 0 Å². The molecule has 1 aromatic rings. The van der Waals surface area contributed by atoms with Crippen molar-refractivity contribution in [2.24, 2.45) is 23.7 Å². The fourth-order valence-electron chi connectivity index (χ4n) is 2.66. The summed E-state index contributed by atoms with van der Waals surface area (Å²) in [5, 5.41) is 0. The summed E-state index contributed by atoms with van der Waals surface area (Å²) in [4.78, 5) is 13.1. The van der Waals surface area contributed by atoms with Crippen LogP contribution in [-0.4, -0.2) is 47.6 Å². The summed E-state index contributed by atoms with van der Waals surface area (Å²) in [5.74, 6) is 2.29. The molecule has 0 aliphatic carbocycles. The third-order valence-electron chi connectivity index (χ3n) is 3.84. The van der Waals surface area contributed by atoms with Gasteiger partial charge in [0.15, 0.2) is 5.96 Å². The fourth-order valence-corrected chi connectivity index (χ4v) is 2.66. The number of rotatable bonds is 3. The van der Waals surface area contributed by atoms with Crippen molar-refractivity contribution >= 4 is 11.9 Å². The van der Waals surface area contributed by atoms with Gasteiger partial charge in [-0.2, -0.15) is 0 Å². The molecule has 1 saturated heterocycles. The lowest BCUT2D eigenvalue weighted by Crippen LogP contribution is -2.43. The number of nitrogens with two attached hydrogens (primary N) is 1. The van der Waals surface area contributed by atoms with Crippen LogP contribution in [0.25, 0.3) is 0 Å². The molecular weight excluding hydrogens is 252 g/mol. The third-order valence-corrected chi connectivity index (χ3v) is 3.84. The van der Waals surface area contributed by atoms with Gasteiger partial charge in [-0.1, -0.05) is 6.92 Å². The summed E-state index contributed by atoms with van der Waals surface area (Å²) >= 11 is 0. The normalized spacial score (nSPS) is 20.3. The van der Waals surface area contributed by atoms with E-state index in [4.69, 9.17) is 5.73 Å². The number of aromatic nitrogens is 2. The van der Waals surface area contributed by atoms with Crippen molar-refractivity contribution in [1.82, 2.24) is 14.5 Å². The average molecular weight is 278 g/mol. The molecule has 0 amide bonds. The minimum Gasteiger partial charge on any atom is -0.370 e. The van der Waals surface area contributed by atoms with Crippen molar-refractivity contribution in [3.8, 4) is 0 Å². The second-order valence-corrected chi connectivity index (χ2v) is 5.87. The molecule has 20 heavy (non-hydrogen) atoms. The van der Waals surface area contributed by atoms with E-state index in [-0.39, 0.29) is 0 Å². The summed E-state index contributed by atoms with van der Waals surface area (Å²) < 4.78 is 2.05. The van der Waals surface area contributed by atoms with Crippen LogP contribution in [0.2, 0.25) is 0 Å². The number of likely N-dealkylation sites (tertiary alicyclic amines) is 1. The lowest BCUT2D eigenvalue weighted by molar-refractivity contribution is 0.270. The summed E-state index contributed by atoms with van der Waals surface area (Å²) in [5.41, 5.74) is 7.18. The Labute approximate surface area is 121 Å². The van der Waals surface area contributed by atoms with Crippen molar-refractivity contribution in [2.75, 3.05) is 32.1 Å². The molecule has 0 bridgehead atoms. The Morgan fingerprint density at radius 1 is 1.55 bits per heavy atom. The topological polar surface area (TPSA) is 62.7 Å². The number of piperidine rings is 1. The van der Waals surface area contributed by atoms with Crippen molar-refractivity contribution < 1.29 is 0 Å². The first kappa shape index (κ1) is 14.7. The van der Waals surface area contributed by atoms with E-state index >= 15 is 0 Å². The Balaban J connectivity index is 2.01. The Kier molecular flexibility index (Phi) is 4.52. The van der Waals surface area contributed by atoms with Crippen LogP contribution >= 0.6 is 0 Å². The largest absolute Gasteiger partial charge is 0.370 e. The van der Waals surface area contributed by atoms with E-state index < -0.39 is 0 Å². The lowest BCUT2D eigenvalue weighted by atomic mass is 10.0. The van der Waals surface area contributed by atoms with E-state index in [1.807, 2.05) is 32.2 Å². The van der Waals surface area contributed by atoms with E-state index in [0.29, 0.717) is 18.4 Å². The van der Waals surface area contributed by atoms with Crippen LogP contribution in [0.5, 0.6) is 0 Å². The Morgan fingerprint density at radius 2 is 2.30 bits per heavy atom. The molecular formula is C14H26N6. The first-order valence-electron chi connectivity index (χ1n) is 7.21. The number of anilines is 1. The van der Waals surface area contributed by atoms with Gasteiger partial charge in [-0.3, -0.25) is 0 Å². The van der Waals surface area contributed by atoms with Crippen molar-refractivity contribution in [3.63, 3.8) is 0 Å². The zero-order valence-electron chi connectivity index (χ0n) is 13.0.